The van der Waals surface area contributed by atoms with Crippen molar-refractivity contribution in [3.63, 3.8) is 0 Å². The maximum atomic E-state index is 13.9. The number of amides is 3. The number of phenols is 1. The second-order valence-corrected chi connectivity index (χ2v) is 9.79. The summed E-state index contributed by atoms with van der Waals surface area (Å²) in [5, 5.41) is 16.2. The van der Waals surface area contributed by atoms with E-state index in [2.05, 4.69) is 16.7 Å². The summed E-state index contributed by atoms with van der Waals surface area (Å²) in [6, 6.07) is 13.9. The fraction of sp³-hybridized carbons (Fsp3) is 0.414. The van der Waals surface area contributed by atoms with E-state index in [0.29, 0.717) is 12.1 Å². The Labute approximate surface area is 219 Å². The van der Waals surface area contributed by atoms with Crippen LogP contribution >= 0.6 is 0 Å². The zero-order chi connectivity index (χ0) is 27.6. The third kappa shape index (κ3) is 8.57. The minimum absolute atomic E-state index is 0.112. The quantitative estimate of drug-likeness (QED) is 0.254. The van der Waals surface area contributed by atoms with E-state index >= 15 is 0 Å². The van der Waals surface area contributed by atoms with E-state index in [1.54, 1.807) is 45.9 Å². The van der Waals surface area contributed by atoms with Gasteiger partial charge in [-0.2, -0.15) is 0 Å². The molecule has 2 atom stereocenters. The molecule has 8 nitrogen and oxygen atoms in total. The van der Waals surface area contributed by atoms with Gasteiger partial charge in [-0.3, -0.25) is 14.5 Å². The molecule has 0 bridgehead atoms. The maximum absolute atomic E-state index is 13.9. The van der Waals surface area contributed by atoms with Crippen LogP contribution in [0.15, 0.2) is 48.5 Å². The molecule has 2 rings (SSSR count). The number of benzene rings is 2. The Morgan fingerprint density at radius 1 is 1.11 bits per heavy atom. The predicted molar refractivity (Wildman–Crippen MR) is 142 cm³/mol. The molecule has 198 valence electrons. The molecule has 2 unspecified atom stereocenters. The number of nitrogens with one attached hydrogen (secondary N) is 2. The fourth-order valence-electron chi connectivity index (χ4n) is 3.72. The zero-order valence-electron chi connectivity index (χ0n) is 22.2. The van der Waals surface area contributed by atoms with E-state index < -0.39 is 35.6 Å². The van der Waals surface area contributed by atoms with Crippen LogP contribution in [0.25, 0.3) is 0 Å². The first-order valence-electron chi connectivity index (χ1n) is 12.4. The first-order valence-corrected chi connectivity index (χ1v) is 12.4. The number of phenolic OH excluding ortho intramolecular Hbond substituents is 1. The highest BCUT2D eigenvalue weighted by Crippen LogP contribution is 2.32. The van der Waals surface area contributed by atoms with E-state index in [-0.39, 0.29) is 17.7 Å². The van der Waals surface area contributed by atoms with Gasteiger partial charge in [-0.1, -0.05) is 68.3 Å². The molecular formula is C29H37N3O5. The van der Waals surface area contributed by atoms with E-state index in [1.807, 2.05) is 37.3 Å². The molecule has 0 fully saturated rings. The van der Waals surface area contributed by atoms with Crippen molar-refractivity contribution in [2.24, 2.45) is 0 Å². The molecule has 0 saturated heterocycles. The highest BCUT2D eigenvalue weighted by molar-refractivity contribution is 5.93. The minimum Gasteiger partial charge on any atom is -0.507 e. The summed E-state index contributed by atoms with van der Waals surface area (Å²) in [7, 11) is 0. The van der Waals surface area contributed by atoms with E-state index in [0.717, 1.165) is 23.3 Å². The minimum atomic E-state index is -1.31. The SMILES string of the molecule is C#CN(C(=O)C(Cc1ccccc1)NC(=O)OC(C)(C)C)C(C(=O)NCCCC)c1cccc(C)c1O. The van der Waals surface area contributed by atoms with Crippen molar-refractivity contribution in [1.82, 2.24) is 15.5 Å². The number of carbonyl (C=O) groups excluding carboxylic acids is 3. The van der Waals surface area contributed by atoms with Gasteiger partial charge in [-0.25, -0.2) is 4.79 Å². The van der Waals surface area contributed by atoms with E-state index in [1.165, 1.54) is 0 Å². The summed E-state index contributed by atoms with van der Waals surface area (Å²) in [4.78, 5) is 40.8. The van der Waals surface area contributed by atoms with Gasteiger partial charge in [-0.15, -0.1) is 0 Å². The lowest BCUT2D eigenvalue weighted by Gasteiger charge is -2.31. The number of hydrogen-bond donors (Lipinski definition) is 3. The predicted octanol–water partition coefficient (Wildman–Crippen LogP) is 4.21. The van der Waals surface area contributed by atoms with Crippen LogP contribution in [-0.2, 0) is 20.7 Å². The lowest BCUT2D eigenvalue weighted by Crippen LogP contribution is -2.52. The molecule has 3 N–H and O–H groups in total. The molecule has 2 aromatic rings. The third-order valence-corrected chi connectivity index (χ3v) is 5.55. The fourth-order valence-corrected chi connectivity index (χ4v) is 3.72. The van der Waals surface area contributed by atoms with Crippen molar-refractivity contribution < 1.29 is 24.2 Å². The first-order chi connectivity index (χ1) is 17.5. The van der Waals surface area contributed by atoms with Gasteiger partial charge in [0.25, 0.3) is 5.91 Å². The lowest BCUT2D eigenvalue weighted by molar-refractivity contribution is -0.138. The average molecular weight is 508 g/mol. The topological polar surface area (TPSA) is 108 Å². The number of unbranched alkanes of at least 4 members (excludes halogenated alkanes) is 1. The maximum Gasteiger partial charge on any atom is 0.408 e. The second kappa shape index (κ2) is 13.4. The van der Waals surface area contributed by atoms with Gasteiger partial charge in [0.15, 0.2) is 6.04 Å². The summed E-state index contributed by atoms with van der Waals surface area (Å²) in [5.41, 5.74) is 0.707. The molecule has 0 spiro atoms. The molecule has 37 heavy (non-hydrogen) atoms. The number of terminal acetylenes is 1. The van der Waals surface area contributed by atoms with Crippen LogP contribution in [0.1, 0.15) is 63.3 Å². The first kappa shape index (κ1) is 29.2. The summed E-state index contributed by atoms with van der Waals surface area (Å²) >= 11 is 0. The van der Waals surface area contributed by atoms with Crippen molar-refractivity contribution in [1.29, 1.82) is 0 Å². The molecule has 0 heterocycles. The Morgan fingerprint density at radius 3 is 2.38 bits per heavy atom. The number of aromatic hydroxyl groups is 1. The second-order valence-electron chi connectivity index (χ2n) is 9.79. The number of hydrogen-bond acceptors (Lipinski definition) is 5. The van der Waals surface area contributed by atoms with E-state index in [4.69, 9.17) is 11.2 Å². The third-order valence-electron chi connectivity index (χ3n) is 5.55. The van der Waals surface area contributed by atoms with Crippen LogP contribution in [0.5, 0.6) is 5.75 Å². The molecule has 3 amide bonds. The number of rotatable bonds is 10. The standard InChI is InChI=1S/C29H37N3O5/c1-7-9-18-30-26(34)24(22-17-13-14-20(3)25(22)33)32(8-2)27(35)23(19-21-15-11-10-12-16-21)31-28(36)37-29(4,5)6/h2,10-17,23-24,33H,7,9,18-19H2,1,3-6H3,(H,30,34)(H,31,36). The van der Waals surface area contributed by atoms with Gasteiger partial charge in [0.1, 0.15) is 17.4 Å². The highest BCUT2D eigenvalue weighted by Gasteiger charge is 2.37. The molecule has 2 aromatic carbocycles. The number of para-hydroxylation sites is 1. The monoisotopic (exact) mass is 507 g/mol. The molecule has 8 heteroatoms. The summed E-state index contributed by atoms with van der Waals surface area (Å²) < 4.78 is 5.37. The Morgan fingerprint density at radius 2 is 1.78 bits per heavy atom. The van der Waals surface area contributed by atoms with Crippen LogP contribution in [0.3, 0.4) is 0 Å². The van der Waals surface area contributed by atoms with Gasteiger partial charge in [0.2, 0.25) is 5.91 Å². The van der Waals surface area contributed by atoms with Crippen molar-refractivity contribution in [3.8, 4) is 18.2 Å². The number of ether oxygens (including phenoxy) is 1. The summed E-state index contributed by atoms with van der Waals surface area (Å²) in [6.07, 6.45) is 6.72. The van der Waals surface area contributed by atoms with Gasteiger partial charge in [0, 0.05) is 24.6 Å². The highest BCUT2D eigenvalue weighted by atomic mass is 16.6. The Hall–Kier alpha value is -3.99. The Kier molecular flexibility index (Phi) is 10.6. The van der Waals surface area contributed by atoms with Crippen LogP contribution in [0, 0.1) is 19.4 Å². The average Bonchev–Trinajstić information content (AvgIpc) is 2.83. The Bertz CT molecular complexity index is 1120. The van der Waals surface area contributed by atoms with Gasteiger partial charge in [0.05, 0.1) is 0 Å². The molecule has 0 aliphatic heterocycles. The van der Waals surface area contributed by atoms with Gasteiger partial charge < -0.3 is 20.5 Å². The molecule has 0 aliphatic rings. The van der Waals surface area contributed by atoms with Crippen LogP contribution in [0.2, 0.25) is 0 Å². The zero-order valence-corrected chi connectivity index (χ0v) is 22.2. The largest absolute Gasteiger partial charge is 0.507 e. The van der Waals surface area contributed by atoms with Crippen molar-refractivity contribution >= 4 is 17.9 Å². The van der Waals surface area contributed by atoms with Crippen molar-refractivity contribution in [3.05, 3.63) is 65.2 Å². The number of aryl methyl sites for hydroxylation is 1. The molecule has 0 saturated carbocycles. The molecule has 0 aliphatic carbocycles. The van der Waals surface area contributed by atoms with E-state index in [9.17, 15) is 19.5 Å². The van der Waals surface area contributed by atoms with Crippen molar-refractivity contribution in [2.75, 3.05) is 6.54 Å². The van der Waals surface area contributed by atoms with Crippen LogP contribution in [0.4, 0.5) is 4.79 Å². The van der Waals surface area contributed by atoms with Gasteiger partial charge >= 0.3 is 6.09 Å². The number of alkyl carbamates (subject to hydrolysis) is 1. The Balaban J connectivity index is 2.49. The number of carbonyl (C=O) groups is 3. The van der Waals surface area contributed by atoms with Crippen molar-refractivity contribution in [2.45, 2.75) is 71.6 Å². The smallest absolute Gasteiger partial charge is 0.408 e. The lowest BCUT2D eigenvalue weighted by atomic mass is 9.98. The van der Waals surface area contributed by atoms with Crippen LogP contribution < -0.4 is 10.6 Å². The normalized spacial score (nSPS) is 12.5. The summed E-state index contributed by atoms with van der Waals surface area (Å²) in [6.45, 7) is 9.20. The molecule has 0 radical (unpaired) electrons. The molecule has 0 aromatic heterocycles. The van der Waals surface area contributed by atoms with Crippen LogP contribution in [-0.4, -0.2) is 46.1 Å². The summed E-state index contributed by atoms with van der Waals surface area (Å²) in [5.74, 6) is -1.35. The molecular weight excluding hydrogens is 470 g/mol. The van der Waals surface area contributed by atoms with Gasteiger partial charge in [-0.05, 0) is 45.2 Å². The number of nitrogens with zero attached hydrogens (tertiary/aromatic N) is 1.